The minimum absolute atomic E-state index is 0.0390. The first-order valence-electron chi connectivity index (χ1n) is 12.0. The summed E-state index contributed by atoms with van der Waals surface area (Å²) >= 11 is 0. The van der Waals surface area contributed by atoms with E-state index in [2.05, 4.69) is 0 Å². The Labute approximate surface area is 214 Å². The highest BCUT2D eigenvalue weighted by atomic mass is 16.7. The number of hydrogen-bond acceptors (Lipinski definition) is 11. The van der Waals surface area contributed by atoms with Crippen LogP contribution in [0, 0.1) is 11.8 Å². The number of hydrogen-bond donors (Lipinski definition) is 7. The SMILES string of the molecule is COc1cc([C@@H]2c3cc(O[C@@H]4O[C@H](CO)[C@@H](O)[C@H](O)[C@H]4O)c(OC)cc3C[C@@H](CO)[C@@H]2CO)ccc1O. The van der Waals surface area contributed by atoms with Crippen molar-refractivity contribution in [3.63, 3.8) is 0 Å². The lowest BCUT2D eigenvalue weighted by atomic mass is 9.67. The average Bonchev–Trinajstić information content (AvgIpc) is 2.92. The van der Waals surface area contributed by atoms with Gasteiger partial charge in [-0.15, -0.1) is 0 Å². The highest BCUT2D eigenvalue weighted by Crippen LogP contribution is 2.48. The smallest absolute Gasteiger partial charge is 0.229 e. The first-order valence-corrected chi connectivity index (χ1v) is 12.0. The highest BCUT2D eigenvalue weighted by molar-refractivity contribution is 5.54. The van der Waals surface area contributed by atoms with Gasteiger partial charge >= 0.3 is 0 Å². The van der Waals surface area contributed by atoms with Crippen LogP contribution in [0.1, 0.15) is 22.6 Å². The van der Waals surface area contributed by atoms with E-state index in [0.717, 1.165) is 16.7 Å². The Morgan fingerprint density at radius 3 is 2.19 bits per heavy atom. The fraction of sp³-hybridized carbons (Fsp3) is 0.538. The van der Waals surface area contributed by atoms with E-state index in [1.807, 2.05) is 0 Å². The molecule has 1 heterocycles. The summed E-state index contributed by atoms with van der Waals surface area (Å²) in [7, 11) is 2.87. The van der Waals surface area contributed by atoms with Gasteiger partial charge in [0.05, 0.1) is 20.8 Å². The molecule has 0 bridgehead atoms. The van der Waals surface area contributed by atoms with Crippen molar-refractivity contribution in [3.8, 4) is 23.0 Å². The van der Waals surface area contributed by atoms with Crippen LogP contribution in [-0.4, -0.2) is 100 Å². The molecule has 0 spiro atoms. The molecule has 1 saturated heterocycles. The van der Waals surface area contributed by atoms with E-state index < -0.39 is 43.2 Å². The normalized spacial score (nSPS) is 31.5. The molecule has 0 saturated carbocycles. The minimum atomic E-state index is -1.61. The number of aliphatic hydroxyl groups is 6. The summed E-state index contributed by atoms with van der Waals surface area (Å²) in [6, 6.07) is 8.33. The minimum Gasteiger partial charge on any atom is -0.504 e. The maximum atomic E-state index is 10.5. The Bertz CT molecular complexity index is 1070. The van der Waals surface area contributed by atoms with Crippen molar-refractivity contribution in [1.29, 1.82) is 0 Å². The topological polar surface area (TPSA) is 179 Å². The zero-order chi connectivity index (χ0) is 26.9. The number of benzene rings is 2. The molecule has 1 aliphatic heterocycles. The third-order valence-corrected chi connectivity index (χ3v) is 7.38. The standard InChI is InChI=1S/C26H34O11/c1-34-18-6-12(3-4-17(18)30)22-15-8-20(36-26-25(33)24(32)23(31)21(11-29)37-26)19(35-2)7-13(15)5-14(9-27)16(22)10-28/h3-4,6-8,14,16,21-33H,5,9-11H2,1-2H3/t14-,16-,21+,22+,23+,24-,25+,26+/m0/s1. The highest BCUT2D eigenvalue weighted by Gasteiger charge is 2.45. The molecule has 204 valence electrons. The van der Waals surface area contributed by atoms with Gasteiger partial charge in [0.25, 0.3) is 0 Å². The number of methoxy groups -OCH3 is 2. The predicted molar refractivity (Wildman–Crippen MR) is 129 cm³/mol. The third-order valence-electron chi connectivity index (χ3n) is 7.38. The number of phenols is 1. The lowest BCUT2D eigenvalue weighted by Crippen LogP contribution is -2.60. The van der Waals surface area contributed by atoms with Crippen LogP contribution >= 0.6 is 0 Å². The molecule has 0 radical (unpaired) electrons. The van der Waals surface area contributed by atoms with E-state index >= 15 is 0 Å². The van der Waals surface area contributed by atoms with Crippen LogP contribution in [0.25, 0.3) is 0 Å². The molecule has 8 atom stereocenters. The Balaban J connectivity index is 1.79. The van der Waals surface area contributed by atoms with Crippen molar-refractivity contribution >= 4 is 0 Å². The van der Waals surface area contributed by atoms with E-state index in [4.69, 9.17) is 18.9 Å². The van der Waals surface area contributed by atoms with Crippen LogP contribution in [0.2, 0.25) is 0 Å². The second-order valence-corrected chi connectivity index (χ2v) is 9.42. The molecule has 1 aliphatic carbocycles. The van der Waals surface area contributed by atoms with Crippen LogP contribution in [0.5, 0.6) is 23.0 Å². The Morgan fingerprint density at radius 2 is 1.57 bits per heavy atom. The molecule has 2 aromatic carbocycles. The summed E-state index contributed by atoms with van der Waals surface area (Å²) in [5.41, 5.74) is 2.34. The van der Waals surface area contributed by atoms with Crippen LogP contribution in [0.15, 0.2) is 30.3 Å². The molecular formula is C26H34O11. The monoisotopic (exact) mass is 522 g/mol. The largest absolute Gasteiger partial charge is 0.504 e. The lowest BCUT2D eigenvalue weighted by molar-refractivity contribution is -0.277. The molecule has 37 heavy (non-hydrogen) atoms. The second kappa shape index (κ2) is 11.4. The van der Waals surface area contributed by atoms with Crippen molar-refractivity contribution in [2.75, 3.05) is 34.0 Å². The predicted octanol–water partition coefficient (Wildman–Crippen LogP) is -0.507. The molecule has 4 rings (SSSR count). The number of fused-ring (bicyclic) bond motifs is 1. The average molecular weight is 523 g/mol. The van der Waals surface area contributed by atoms with E-state index in [1.165, 1.54) is 20.3 Å². The Morgan fingerprint density at radius 1 is 0.838 bits per heavy atom. The molecule has 2 aliphatic rings. The van der Waals surface area contributed by atoms with Gasteiger partial charge < -0.3 is 54.7 Å². The Hall–Kier alpha value is -2.64. The van der Waals surface area contributed by atoms with Crippen molar-refractivity contribution < 1.29 is 54.7 Å². The molecule has 7 N–H and O–H groups in total. The Kier molecular flexibility index (Phi) is 8.44. The summed E-state index contributed by atoms with van der Waals surface area (Å²) < 4.78 is 22.2. The van der Waals surface area contributed by atoms with E-state index in [9.17, 15) is 35.7 Å². The van der Waals surface area contributed by atoms with Gasteiger partial charge in [-0.25, -0.2) is 0 Å². The van der Waals surface area contributed by atoms with Gasteiger partial charge in [-0.1, -0.05) is 6.07 Å². The fourth-order valence-electron chi connectivity index (χ4n) is 5.33. The van der Waals surface area contributed by atoms with Gasteiger partial charge in [-0.2, -0.15) is 0 Å². The number of ether oxygens (including phenoxy) is 4. The molecule has 11 heteroatoms. The second-order valence-electron chi connectivity index (χ2n) is 9.42. The molecule has 0 unspecified atom stereocenters. The molecule has 0 aromatic heterocycles. The zero-order valence-corrected chi connectivity index (χ0v) is 20.6. The van der Waals surface area contributed by atoms with Crippen LogP contribution < -0.4 is 14.2 Å². The van der Waals surface area contributed by atoms with Gasteiger partial charge in [-0.3, -0.25) is 0 Å². The van der Waals surface area contributed by atoms with Gasteiger partial charge in [0.2, 0.25) is 6.29 Å². The summed E-state index contributed by atoms with van der Waals surface area (Å²) in [6.45, 7) is -0.965. The van der Waals surface area contributed by atoms with Gasteiger partial charge in [0.1, 0.15) is 24.4 Å². The van der Waals surface area contributed by atoms with E-state index in [-0.39, 0.29) is 42.3 Å². The molecule has 0 amide bonds. The fourth-order valence-corrected chi connectivity index (χ4v) is 5.33. The van der Waals surface area contributed by atoms with Crippen molar-refractivity contribution in [2.24, 2.45) is 11.8 Å². The van der Waals surface area contributed by atoms with Crippen LogP contribution in [0.3, 0.4) is 0 Å². The maximum absolute atomic E-state index is 10.5. The van der Waals surface area contributed by atoms with Gasteiger partial charge in [0.15, 0.2) is 23.0 Å². The van der Waals surface area contributed by atoms with Crippen LogP contribution in [-0.2, 0) is 11.2 Å². The van der Waals surface area contributed by atoms with Gasteiger partial charge in [-0.05, 0) is 59.2 Å². The molecular weight excluding hydrogens is 488 g/mol. The summed E-state index contributed by atoms with van der Waals surface area (Å²) in [5, 5.41) is 70.8. The summed E-state index contributed by atoms with van der Waals surface area (Å²) in [5.74, 6) is -0.374. The number of aliphatic hydroxyl groups excluding tert-OH is 6. The molecule has 2 aromatic rings. The van der Waals surface area contributed by atoms with E-state index in [0.29, 0.717) is 12.2 Å². The van der Waals surface area contributed by atoms with Gasteiger partial charge in [0, 0.05) is 19.1 Å². The lowest BCUT2D eigenvalue weighted by Gasteiger charge is -2.41. The summed E-state index contributed by atoms with van der Waals surface area (Å²) in [4.78, 5) is 0. The molecule has 1 fully saturated rings. The van der Waals surface area contributed by atoms with E-state index in [1.54, 1.807) is 24.3 Å². The number of rotatable bonds is 8. The first-order chi connectivity index (χ1) is 17.8. The third kappa shape index (κ3) is 5.08. The quantitative estimate of drug-likeness (QED) is 0.238. The maximum Gasteiger partial charge on any atom is 0.229 e. The van der Waals surface area contributed by atoms with Crippen molar-refractivity contribution in [2.45, 2.75) is 43.0 Å². The zero-order valence-electron chi connectivity index (χ0n) is 20.6. The molecule has 11 nitrogen and oxygen atoms in total. The number of phenolic OH excluding ortho intramolecular Hbond substituents is 1. The number of aromatic hydroxyl groups is 1. The van der Waals surface area contributed by atoms with Crippen molar-refractivity contribution in [3.05, 3.63) is 47.0 Å². The van der Waals surface area contributed by atoms with Crippen molar-refractivity contribution in [1.82, 2.24) is 0 Å². The first kappa shape index (κ1) is 27.4. The summed E-state index contributed by atoms with van der Waals surface area (Å²) in [6.07, 6.45) is -6.86. The van der Waals surface area contributed by atoms with Crippen LogP contribution in [0.4, 0.5) is 0 Å².